The Bertz CT molecular complexity index is 1510. The second-order valence-electron chi connectivity index (χ2n) is 9.78. The number of para-hydroxylation sites is 1. The molecule has 2 aliphatic heterocycles. The molecule has 0 radical (unpaired) electrons. The minimum atomic E-state index is -0.409. The van der Waals surface area contributed by atoms with Crippen LogP contribution in [0.4, 0.5) is 0 Å². The number of carbonyl (C=O) groups is 2. The second-order valence-corrected chi connectivity index (χ2v) is 9.78. The van der Waals surface area contributed by atoms with Crippen molar-refractivity contribution in [3.05, 3.63) is 112 Å². The number of hydrogen-bond acceptors (Lipinski definition) is 5. The number of aromatic nitrogens is 1. The molecule has 0 aliphatic carbocycles. The number of nitrogens with one attached hydrogen (secondary N) is 1. The summed E-state index contributed by atoms with van der Waals surface area (Å²) in [4.78, 5) is 41.2. The standard InChI is InChI=1S/C31H31N3O5/c1-38-25-11-5-10-23(17-25)30(36)32-26(12-6-9-22-8-3-4-14-28(22)39-2)31(37)33-18-21-16-24(20-33)27-13-7-15-29(35)34(27)19-21/h3-15,17,21,24H,16,18-20H2,1-2H3,(H,32,36)/b9-6+,26-12-/t21-,24+/m1/s1. The van der Waals surface area contributed by atoms with Crippen molar-refractivity contribution >= 4 is 17.9 Å². The number of ether oxygens (including phenoxy) is 2. The number of rotatable bonds is 7. The van der Waals surface area contributed by atoms with Gasteiger partial charge in [-0.2, -0.15) is 0 Å². The molecule has 3 aromatic rings. The summed E-state index contributed by atoms with van der Waals surface area (Å²) in [7, 11) is 3.14. The van der Waals surface area contributed by atoms with E-state index in [4.69, 9.17) is 9.47 Å². The highest BCUT2D eigenvalue weighted by molar-refractivity contribution is 6.03. The van der Waals surface area contributed by atoms with E-state index in [1.54, 1.807) is 60.6 Å². The van der Waals surface area contributed by atoms with E-state index in [9.17, 15) is 14.4 Å². The molecule has 200 valence electrons. The fourth-order valence-corrected chi connectivity index (χ4v) is 5.41. The minimum absolute atomic E-state index is 0.00501. The van der Waals surface area contributed by atoms with E-state index in [-0.39, 0.29) is 29.0 Å². The highest BCUT2D eigenvalue weighted by Gasteiger charge is 2.37. The lowest BCUT2D eigenvalue weighted by Crippen LogP contribution is -2.50. The van der Waals surface area contributed by atoms with Crippen LogP contribution in [0, 0.1) is 5.92 Å². The molecule has 0 spiro atoms. The molecule has 2 atom stereocenters. The number of carbonyl (C=O) groups excluding carboxylic acids is 2. The molecule has 1 aromatic heterocycles. The smallest absolute Gasteiger partial charge is 0.270 e. The van der Waals surface area contributed by atoms with Crippen LogP contribution >= 0.6 is 0 Å². The number of pyridine rings is 1. The van der Waals surface area contributed by atoms with Crippen LogP contribution in [-0.2, 0) is 11.3 Å². The normalized spacial score (nSPS) is 18.4. The number of allylic oxidation sites excluding steroid dienone is 2. The summed E-state index contributed by atoms with van der Waals surface area (Å²) in [5, 5.41) is 2.83. The number of fused-ring (bicyclic) bond motifs is 4. The first-order chi connectivity index (χ1) is 19.0. The summed E-state index contributed by atoms with van der Waals surface area (Å²) in [6.45, 7) is 1.57. The average molecular weight is 526 g/mol. The van der Waals surface area contributed by atoms with E-state index in [0.717, 1.165) is 17.7 Å². The van der Waals surface area contributed by atoms with Gasteiger partial charge in [0.15, 0.2) is 0 Å². The first-order valence-electron chi connectivity index (χ1n) is 12.9. The van der Waals surface area contributed by atoms with E-state index in [1.165, 1.54) is 7.11 Å². The van der Waals surface area contributed by atoms with Crippen molar-refractivity contribution in [2.24, 2.45) is 5.92 Å². The lowest BCUT2D eigenvalue weighted by atomic mass is 9.83. The first-order valence-corrected chi connectivity index (χ1v) is 12.9. The quantitative estimate of drug-likeness (QED) is 0.374. The van der Waals surface area contributed by atoms with Gasteiger partial charge in [-0.15, -0.1) is 0 Å². The first kappa shape index (κ1) is 26.0. The molecule has 3 heterocycles. The van der Waals surface area contributed by atoms with Crippen LogP contribution in [0.5, 0.6) is 11.5 Å². The highest BCUT2D eigenvalue weighted by atomic mass is 16.5. The van der Waals surface area contributed by atoms with E-state index in [0.29, 0.717) is 36.7 Å². The summed E-state index contributed by atoms with van der Waals surface area (Å²) >= 11 is 0. The van der Waals surface area contributed by atoms with Crippen molar-refractivity contribution in [2.45, 2.75) is 18.9 Å². The molecule has 5 rings (SSSR count). The van der Waals surface area contributed by atoms with Crippen molar-refractivity contribution in [1.82, 2.24) is 14.8 Å². The third-order valence-corrected chi connectivity index (χ3v) is 7.26. The van der Waals surface area contributed by atoms with Crippen molar-refractivity contribution in [2.75, 3.05) is 27.3 Å². The molecule has 2 aromatic carbocycles. The van der Waals surface area contributed by atoms with Gasteiger partial charge in [0, 0.05) is 48.4 Å². The van der Waals surface area contributed by atoms with Gasteiger partial charge >= 0.3 is 0 Å². The van der Waals surface area contributed by atoms with Gasteiger partial charge in [-0.05, 0) is 48.7 Å². The molecule has 39 heavy (non-hydrogen) atoms. The van der Waals surface area contributed by atoms with E-state index in [1.807, 2.05) is 41.0 Å². The van der Waals surface area contributed by atoms with E-state index in [2.05, 4.69) is 5.32 Å². The maximum absolute atomic E-state index is 13.9. The number of hydrogen-bond donors (Lipinski definition) is 1. The van der Waals surface area contributed by atoms with Crippen molar-refractivity contribution < 1.29 is 19.1 Å². The summed E-state index contributed by atoms with van der Waals surface area (Å²) < 4.78 is 12.5. The number of likely N-dealkylation sites (tertiary alicyclic amines) is 1. The van der Waals surface area contributed by atoms with Crippen molar-refractivity contribution in [3.8, 4) is 11.5 Å². The Morgan fingerprint density at radius 2 is 1.77 bits per heavy atom. The third-order valence-electron chi connectivity index (χ3n) is 7.26. The van der Waals surface area contributed by atoms with Crippen LogP contribution in [-0.4, -0.2) is 48.6 Å². The Morgan fingerprint density at radius 1 is 0.949 bits per heavy atom. The molecule has 2 amide bonds. The van der Waals surface area contributed by atoms with Crippen molar-refractivity contribution in [1.29, 1.82) is 0 Å². The Balaban J connectivity index is 1.43. The highest BCUT2D eigenvalue weighted by Crippen LogP contribution is 2.35. The summed E-state index contributed by atoms with van der Waals surface area (Å²) in [6, 6.07) is 19.7. The van der Waals surface area contributed by atoms with Crippen molar-refractivity contribution in [3.63, 3.8) is 0 Å². The predicted molar refractivity (Wildman–Crippen MR) is 149 cm³/mol. The third kappa shape index (κ3) is 5.65. The lowest BCUT2D eigenvalue weighted by Gasteiger charge is -2.42. The number of amides is 2. The van der Waals surface area contributed by atoms with E-state index < -0.39 is 5.91 Å². The topological polar surface area (TPSA) is 89.9 Å². The van der Waals surface area contributed by atoms with Crippen LogP contribution in [0.2, 0.25) is 0 Å². The van der Waals surface area contributed by atoms with Gasteiger partial charge in [-0.25, -0.2) is 0 Å². The molecule has 2 bridgehead atoms. The zero-order valence-corrected chi connectivity index (χ0v) is 22.0. The van der Waals surface area contributed by atoms with E-state index >= 15 is 0 Å². The minimum Gasteiger partial charge on any atom is -0.497 e. The van der Waals surface area contributed by atoms with Crippen LogP contribution in [0.1, 0.15) is 34.0 Å². The number of piperidine rings is 1. The van der Waals surface area contributed by atoms with Crippen LogP contribution in [0.25, 0.3) is 6.08 Å². The maximum Gasteiger partial charge on any atom is 0.270 e. The predicted octanol–water partition coefficient (Wildman–Crippen LogP) is 3.84. The summed E-state index contributed by atoms with van der Waals surface area (Å²) in [6.07, 6.45) is 6.11. The second kappa shape index (κ2) is 11.4. The van der Waals surface area contributed by atoms with Gasteiger partial charge in [-0.3, -0.25) is 14.4 Å². The average Bonchev–Trinajstić information content (AvgIpc) is 2.97. The number of benzene rings is 2. The van der Waals surface area contributed by atoms with Gasteiger partial charge in [0.1, 0.15) is 17.2 Å². The zero-order chi connectivity index (χ0) is 27.4. The molecule has 2 aliphatic rings. The van der Waals surface area contributed by atoms with Gasteiger partial charge in [0.2, 0.25) is 0 Å². The Morgan fingerprint density at radius 3 is 2.59 bits per heavy atom. The Kier molecular flexibility index (Phi) is 7.63. The molecule has 8 heteroatoms. The largest absolute Gasteiger partial charge is 0.497 e. The maximum atomic E-state index is 13.9. The molecule has 1 saturated heterocycles. The monoisotopic (exact) mass is 525 g/mol. The number of nitrogens with zero attached hydrogens (tertiary/aromatic N) is 2. The summed E-state index contributed by atoms with van der Waals surface area (Å²) in [5.74, 6) is 0.807. The van der Waals surface area contributed by atoms with Crippen LogP contribution < -0.4 is 20.3 Å². The lowest BCUT2D eigenvalue weighted by molar-refractivity contribution is -0.130. The number of methoxy groups -OCH3 is 2. The molecule has 1 N–H and O–H groups in total. The van der Waals surface area contributed by atoms with Crippen LogP contribution in [0.3, 0.4) is 0 Å². The molecule has 8 nitrogen and oxygen atoms in total. The summed E-state index contributed by atoms with van der Waals surface area (Å²) in [5.41, 5.74) is 2.34. The van der Waals surface area contributed by atoms with Crippen LogP contribution in [0.15, 0.2) is 89.4 Å². The molecular formula is C31H31N3O5. The molecule has 0 saturated carbocycles. The Labute approximate surface area is 227 Å². The Hall–Kier alpha value is -4.59. The fraction of sp³-hybridized carbons (Fsp3) is 0.258. The SMILES string of the molecule is COc1cccc(C(=O)N/C(=C\C=C\c2ccccc2OC)C(=O)N2C[C@H]3C[C@@H](C2)c2cccc(=O)n2C3)c1. The molecular weight excluding hydrogens is 494 g/mol. The molecule has 1 fully saturated rings. The van der Waals surface area contributed by atoms with Gasteiger partial charge in [0.25, 0.3) is 17.4 Å². The van der Waals surface area contributed by atoms with Gasteiger partial charge < -0.3 is 24.3 Å². The van der Waals surface area contributed by atoms with Gasteiger partial charge in [0.05, 0.1) is 14.2 Å². The zero-order valence-electron chi connectivity index (χ0n) is 22.0. The molecule has 0 unspecified atom stereocenters. The fourth-order valence-electron chi connectivity index (χ4n) is 5.41. The van der Waals surface area contributed by atoms with Gasteiger partial charge in [-0.1, -0.05) is 42.5 Å².